The Hall–Kier alpha value is -0.790. The zero-order chi connectivity index (χ0) is 13.6. The average molecular weight is 262 g/mol. The maximum absolute atomic E-state index is 12.0. The Kier molecular flexibility index (Phi) is 3.23. The molecule has 4 aliphatic rings. The molecule has 0 spiro atoms. The highest BCUT2D eigenvalue weighted by molar-refractivity contribution is 5.87. The highest BCUT2D eigenvalue weighted by atomic mass is 16.5. The van der Waals surface area contributed by atoms with Crippen LogP contribution in [0.5, 0.6) is 0 Å². The van der Waals surface area contributed by atoms with E-state index < -0.39 is 0 Å². The second kappa shape index (κ2) is 4.64. The van der Waals surface area contributed by atoms with E-state index in [1.807, 2.05) is 13.8 Å². The van der Waals surface area contributed by atoms with Gasteiger partial charge in [-0.3, -0.25) is 0 Å². The van der Waals surface area contributed by atoms with Gasteiger partial charge in [-0.2, -0.15) is 0 Å². The summed E-state index contributed by atoms with van der Waals surface area (Å²) >= 11 is 0. The molecule has 0 aromatic carbocycles. The van der Waals surface area contributed by atoms with E-state index in [2.05, 4.69) is 6.58 Å². The van der Waals surface area contributed by atoms with E-state index in [1.54, 1.807) is 0 Å². The fourth-order valence-electron chi connectivity index (χ4n) is 5.33. The standard InChI is InChI=1S/C17H26O2/c1-11(2)19-16(18)12(3)7-17-8-13-4-14(9-17)6-15(5-13)10-17/h11,13-15H,3-10H2,1-2H3. The van der Waals surface area contributed by atoms with Gasteiger partial charge in [-0.05, 0) is 82.0 Å². The van der Waals surface area contributed by atoms with Crippen LogP contribution in [0.4, 0.5) is 0 Å². The van der Waals surface area contributed by atoms with E-state index in [0.29, 0.717) is 11.0 Å². The Morgan fingerprint density at radius 1 is 1.16 bits per heavy atom. The average Bonchev–Trinajstić information content (AvgIpc) is 2.24. The van der Waals surface area contributed by atoms with E-state index in [4.69, 9.17) is 4.74 Å². The lowest BCUT2D eigenvalue weighted by atomic mass is 9.48. The van der Waals surface area contributed by atoms with Gasteiger partial charge in [0.15, 0.2) is 0 Å². The number of hydrogen-bond donors (Lipinski definition) is 0. The maximum atomic E-state index is 12.0. The summed E-state index contributed by atoms with van der Waals surface area (Å²) in [5, 5.41) is 0. The molecule has 0 saturated heterocycles. The van der Waals surface area contributed by atoms with Crippen LogP contribution in [0.3, 0.4) is 0 Å². The van der Waals surface area contributed by atoms with Gasteiger partial charge in [0.2, 0.25) is 0 Å². The Morgan fingerprint density at radius 2 is 1.63 bits per heavy atom. The van der Waals surface area contributed by atoms with Crippen molar-refractivity contribution in [3.05, 3.63) is 12.2 Å². The van der Waals surface area contributed by atoms with Crippen molar-refractivity contribution in [1.82, 2.24) is 0 Å². The summed E-state index contributed by atoms with van der Waals surface area (Å²) in [7, 11) is 0. The van der Waals surface area contributed by atoms with Gasteiger partial charge < -0.3 is 4.74 Å². The van der Waals surface area contributed by atoms with Gasteiger partial charge in [0.1, 0.15) is 0 Å². The summed E-state index contributed by atoms with van der Waals surface area (Å²) in [6.45, 7) is 7.81. The van der Waals surface area contributed by atoms with Crippen molar-refractivity contribution in [3.63, 3.8) is 0 Å². The molecule has 4 bridgehead atoms. The molecule has 0 atom stereocenters. The molecule has 4 rings (SSSR count). The lowest BCUT2D eigenvalue weighted by Crippen LogP contribution is -2.46. The molecule has 0 aromatic rings. The Bertz CT molecular complexity index is 359. The molecule has 0 heterocycles. The molecule has 19 heavy (non-hydrogen) atoms. The highest BCUT2D eigenvalue weighted by Gasteiger charge is 2.51. The summed E-state index contributed by atoms with van der Waals surface area (Å²) in [6.07, 6.45) is 9.15. The fourth-order valence-corrected chi connectivity index (χ4v) is 5.33. The van der Waals surface area contributed by atoms with Gasteiger partial charge in [-0.25, -0.2) is 4.79 Å². The van der Waals surface area contributed by atoms with E-state index >= 15 is 0 Å². The smallest absolute Gasteiger partial charge is 0.333 e. The van der Waals surface area contributed by atoms with Gasteiger partial charge >= 0.3 is 5.97 Å². The predicted octanol–water partition coefficient (Wildman–Crippen LogP) is 4.10. The van der Waals surface area contributed by atoms with Crippen LogP contribution in [0.25, 0.3) is 0 Å². The van der Waals surface area contributed by atoms with Crippen molar-refractivity contribution in [2.24, 2.45) is 23.2 Å². The second-order valence-electron chi connectivity index (χ2n) is 7.65. The molecule has 4 fully saturated rings. The third kappa shape index (κ3) is 2.59. The molecule has 4 aliphatic carbocycles. The largest absolute Gasteiger partial charge is 0.460 e. The first-order valence-electron chi connectivity index (χ1n) is 7.84. The van der Waals surface area contributed by atoms with E-state index in [-0.39, 0.29) is 12.1 Å². The minimum absolute atomic E-state index is 0.0411. The van der Waals surface area contributed by atoms with Gasteiger partial charge in [0.05, 0.1) is 6.10 Å². The number of ether oxygens (including phenoxy) is 1. The topological polar surface area (TPSA) is 26.3 Å². The predicted molar refractivity (Wildman–Crippen MR) is 75.6 cm³/mol. The number of carbonyl (C=O) groups excluding carboxylic acids is 1. The molecule has 0 unspecified atom stereocenters. The van der Waals surface area contributed by atoms with Gasteiger partial charge in [-0.15, -0.1) is 0 Å². The van der Waals surface area contributed by atoms with Gasteiger partial charge in [0.25, 0.3) is 0 Å². The first kappa shape index (κ1) is 13.2. The molecular formula is C17H26O2. The minimum Gasteiger partial charge on any atom is -0.460 e. The van der Waals surface area contributed by atoms with E-state index in [1.165, 1.54) is 38.5 Å². The SMILES string of the molecule is C=C(CC12CC3CC(CC(C3)C1)C2)C(=O)OC(C)C. The van der Waals surface area contributed by atoms with Gasteiger partial charge in [0, 0.05) is 5.57 Å². The van der Waals surface area contributed by atoms with Crippen LogP contribution in [-0.2, 0) is 9.53 Å². The zero-order valence-electron chi connectivity index (χ0n) is 12.3. The number of hydrogen-bond acceptors (Lipinski definition) is 2. The third-order valence-electron chi connectivity index (χ3n) is 5.38. The van der Waals surface area contributed by atoms with Crippen LogP contribution in [0.1, 0.15) is 58.8 Å². The summed E-state index contributed by atoms with van der Waals surface area (Å²) in [6, 6.07) is 0. The first-order valence-corrected chi connectivity index (χ1v) is 7.84. The quantitative estimate of drug-likeness (QED) is 0.563. The summed E-state index contributed by atoms with van der Waals surface area (Å²) in [5.74, 6) is 2.62. The van der Waals surface area contributed by atoms with Crippen molar-refractivity contribution in [3.8, 4) is 0 Å². The molecular weight excluding hydrogens is 236 g/mol. The lowest BCUT2D eigenvalue weighted by Gasteiger charge is -2.57. The molecule has 4 saturated carbocycles. The van der Waals surface area contributed by atoms with Crippen LogP contribution >= 0.6 is 0 Å². The molecule has 106 valence electrons. The second-order valence-corrected chi connectivity index (χ2v) is 7.65. The van der Waals surface area contributed by atoms with Crippen molar-refractivity contribution >= 4 is 5.97 Å². The molecule has 0 radical (unpaired) electrons. The summed E-state index contributed by atoms with van der Waals surface area (Å²) < 4.78 is 5.29. The Balaban J connectivity index is 1.66. The van der Waals surface area contributed by atoms with Crippen LogP contribution < -0.4 is 0 Å². The zero-order valence-corrected chi connectivity index (χ0v) is 12.3. The van der Waals surface area contributed by atoms with Gasteiger partial charge in [-0.1, -0.05) is 6.58 Å². The monoisotopic (exact) mass is 262 g/mol. The first-order chi connectivity index (χ1) is 8.96. The molecule has 0 N–H and O–H groups in total. The molecule has 0 aliphatic heterocycles. The molecule has 2 heteroatoms. The van der Waals surface area contributed by atoms with Crippen molar-refractivity contribution < 1.29 is 9.53 Å². The van der Waals surface area contributed by atoms with Crippen LogP contribution in [-0.4, -0.2) is 12.1 Å². The maximum Gasteiger partial charge on any atom is 0.333 e. The lowest BCUT2D eigenvalue weighted by molar-refractivity contribution is -0.143. The minimum atomic E-state index is -0.175. The highest BCUT2D eigenvalue weighted by Crippen LogP contribution is 2.61. The third-order valence-corrected chi connectivity index (χ3v) is 5.38. The van der Waals surface area contributed by atoms with Crippen LogP contribution in [0.2, 0.25) is 0 Å². The van der Waals surface area contributed by atoms with Crippen molar-refractivity contribution in [2.75, 3.05) is 0 Å². The summed E-state index contributed by atoms with van der Waals surface area (Å²) in [4.78, 5) is 12.0. The Morgan fingerprint density at radius 3 is 2.05 bits per heavy atom. The number of rotatable bonds is 4. The number of carbonyl (C=O) groups is 1. The molecule has 0 amide bonds. The summed E-state index contributed by atoms with van der Waals surface area (Å²) in [5.41, 5.74) is 1.10. The molecule has 2 nitrogen and oxygen atoms in total. The molecule has 0 aromatic heterocycles. The fraction of sp³-hybridized carbons (Fsp3) is 0.824. The van der Waals surface area contributed by atoms with Crippen LogP contribution in [0, 0.1) is 23.2 Å². The van der Waals surface area contributed by atoms with E-state index in [0.717, 1.165) is 24.2 Å². The van der Waals surface area contributed by atoms with E-state index in [9.17, 15) is 4.79 Å². The van der Waals surface area contributed by atoms with Crippen molar-refractivity contribution in [1.29, 1.82) is 0 Å². The van der Waals surface area contributed by atoms with Crippen LogP contribution in [0.15, 0.2) is 12.2 Å². The number of esters is 1. The van der Waals surface area contributed by atoms with Crippen molar-refractivity contribution in [2.45, 2.75) is 64.9 Å². The Labute approximate surface area is 116 Å². The normalized spacial score (nSPS) is 39.6.